The Kier molecular flexibility index (Phi) is 3.90. The van der Waals surface area contributed by atoms with Crippen LogP contribution in [-0.4, -0.2) is 37.2 Å². The van der Waals surface area contributed by atoms with Gasteiger partial charge in [-0.2, -0.15) is 0 Å². The van der Waals surface area contributed by atoms with E-state index in [-0.39, 0.29) is 17.7 Å². The number of hydrogen-bond donors (Lipinski definition) is 0. The van der Waals surface area contributed by atoms with Crippen molar-refractivity contribution in [3.63, 3.8) is 0 Å². The molecule has 26 heavy (non-hydrogen) atoms. The molecule has 0 N–H and O–H groups in total. The summed E-state index contributed by atoms with van der Waals surface area (Å²) >= 11 is 0. The first-order chi connectivity index (χ1) is 12.7. The summed E-state index contributed by atoms with van der Waals surface area (Å²) in [7, 11) is 0.394. The van der Waals surface area contributed by atoms with Gasteiger partial charge in [0.25, 0.3) is 0 Å². The zero-order chi connectivity index (χ0) is 21.1. The van der Waals surface area contributed by atoms with Gasteiger partial charge in [0.05, 0.1) is 18.3 Å². The van der Waals surface area contributed by atoms with Gasteiger partial charge in [-0.3, -0.25) is 0 Å². The minimum atomic E-state index is -1.86. The van der Waals surface area contributed by atoms with Crippen LogP contribution in [0.2, 0.25) is 6.27 Å². The molecular formula is C19H27BO6. The molecule has 1 saturated heterocycles. The molecule has 0 aromatic heterocycles. The van der Waals surface area contributed by atoms with E-state index in [1.165, 1.54) is 7.11 Å². The van der Waals surface area contributed by atoms with E-state index in [1.54, 1.807) is 26.0 Å². The van der Waals surface area contributed by atoms with Crippen LogP contribution in [0, 0.1) is 0 Å². The highest BCUT2D eigenvalue weighted by atomic mass is 16.7. The van der Waals surface area contributed by atoms with Crippen LogP contribution in [0.4, 0.5) is 0 Å². The van der Waals surface area contributed by atoms with Gasteiger partial charge in [0.2, 0.25) is 5.79 Å². The minimum absolute atomic E-state index is 0.0699. The molecule has 6 nitrogen and oxygen atoms in total. The van der Waals surface area contributed by atoms with Gasteiger partial charge in [-0.25, -0.2) is 4.79 Å². The Morgan fingerprint density at radius 2 is 1.69 bits per heavy atom. The van der Waals surface area contributed by atoms with Crippen molar-refractivity contribution in [3.8, 4) is 11.5 Å². The Labute approximate surface area is 158 Å². The second-order valence-electron chi connectivity index (χ2n) is 7.99. The molecule has 0 unspecified atom stereocenters. The maximum absolute atomic E-state index is 12.5. The molecule has 142 valence electrons. The molecule has 1 aromatic rings. The van der Waals surface area contributed by atoms with Crippen LogP contribution in [0.25, 0.3) is 0 Å². The Morgan fingerprint density at radius 3 is 2.27 bits per heavy atom. The molecule has 0 atom stereocenters. The lowest BCUT2D eigenvalue weighted by atomic mass is 9.81. The van der Waals surface area contributed by atoms with Crippen molar-refractivity contribution >= 4 is 13.1 Å². The topological polar surface area (TPSA) is 63.2 Å². The third-order valence-electron chi connectivity index (χ3n) is 5.02. The summed E-state index contributed by atoms with van der Waals surface area (Å²) < 4.78 is 45.4. The van der Waals surface area contributed by atoms with Gasteiger partial charge in [-0.15, -0.1) is 0 Å². The van der Waals surface area contributed by atoms with Crippen LogP contribution in [0.3, 0.4) is 0 Å². The Balaban J connectivity index is 1.97. The summed E-state index contributed by atoms with van der Waals surface area (Å²) in [4.78, 5) is 12.5. The molecule has 2 aliphatic rings. The molecule has 2 heterocycles. The fourth-order valence-electron chi connectivity index (χ4n) is 2.89. The maximum atomic E-state index is 12.5. The number of hydrogen-bond acceptors (Lipinski definition) is 6. The van der Waals surface area contributed by atoms with Gasteiger partial charge in [-0.1, -0.05) is 6.07 Å². The number of carbonyl (C=O) groups excluding carboxylic acids is 1. The summed E-state index contributed by atoms with van der Waals surface area (Å²) in [5.41, 5.74) is -0.622. The SMILES string of the molecule is [2H]C([2H])(Cc1ccc(OC)c2c1OC(C)(C)OC2=O)B1OC(C)(C)C(C)(C)O1. The number of rotatable bonds is 4. The second-order valence-corrected chi connectivity index (χ2v) is 7.99. The van der Waals surface area contributed by atoms with E-state index < -0.39 is 36.3 Å². The fraction of sp³-hybridized carbons (Fsp3) is 0.632. The number of cyclic esters (lactones) is 1. The first-order valence-electron chi connectivity index (χ1n) is 9.67. The number of aryl methyl sites for hydroxylation is 1. The molecule has 0 amide bonds. The van der Waals surface area contributed by atoms with E-state index in [9.17, 15) is 4.79 Å². The third kappa shape index (κ3) is 3.30. The van der Waals surface area contributed by atoms with Crippen molar-refractivity contribution < 1.29 is 31.1 Å². The molecule has 0 spiro atoms. The summed E-state index contributed by atoms with van der Waals surface area (Å²) in [5, 5.41) is 0. The molecule has 0 aliphatic carbocycles. The molecule has 1 aromatic carbocycles. The van der Waals surface area contributed by atoms with Gasteiger partial charge in [0.1, 0.15) is 17.1 Å². The minimum Gasteiger partial charge on any atom is -0.496 e. The summed E-state index contributed by atoms with van der Waals surface area (Å²) in [6, 6.07) is 3.30. The van der Waals surface area contributed by atoms with Crippen LogP contribution in [0.1, 0.15) is 60.2 Å². The highest BCUT2D eigenvalue weighted by Gasteiger charge is 2.50. The monoisotopic (exact) mass is 364 g/mol. The summed E-state index contributed by atoms with van der Waals surface area (Å²) in [6.45, 7) is 10.7. The predicted octanol–water partition coefficient (Wildman–Crippen LogP) is 3.62. The summed E-state index contributed by atoms with van der Waals surface area (Å²) in [5.74, 6) is -1.15. The fourth-order valence-corrected chi connectivity index (χ4v) is 2.89. The normalized spacial score (nSPS) is 24.1. The lowest BCUT2D eigenvalue weighted by Crippen LogP contribution is -2.41. The number of esters is 1. The van der Waals surface area contributed by atoms with E-state index in [1.807, 2.05) is 27.7 Å². The Hall–Kier alpha value is -1.73. The Bertz CT molecular complexity index is 790. The van der Waals surface area contributed by atoms with Gasteiger partial charge in [0, 0.05) is 16.6 Å². The largest absolute Gasteiger partial charge is 0.496 e. The van der Waals surface area contributed by atoms with E-state index in [0.717, 1.165) is 0 Å². The number of carbonyl (C=O) groups is 1. The van der Waals surface area contributed by atoms with Crippen molar-refractivity contribution in [3.05, 3.63) is 23.3 Å². The quantitative estimate of drug-likeness (QED) is 0.601. The average Bonchev–Trinajstić information content (AvgIpc) is 2.75. The highest BCUT2D eigenvalue weighted by Crippen LogP contribution is 2.42. The van der Waals surface area contributed by atoms with Crippen molar-refractivity contribution in [1.29, 1.82) is 0 Å². The number of methoxy groups -OCH3 is 1. The van der Waals surface area contributed by atoms with E-state index in [4.69, 9.17) is 26.3 Å². The number of benzene rings is 1. The van der Waals surface area contributed by atoms with Gasteiger partial charge >= 0.3 is 13.1 Å². The maximum Gasteiger partial charge on any atom is 0.458 e. The van der Waals surface area contributed by atoms with E-state index in [2.05, 4.69) is 0 Å². The van der Waals surface area contributed by atoms with Crippen molar-refractivity contribution in [2.45, 2.75) is 71.2 Å². The first-order valence-corrected chi connectivity index (χ1v) is 8.67. The highest BCUT2D eigenvalue weighted by molar-refractivity contribution is 6.45. The number of ether oxygens (including phenoxy) is 3. The standard InChI is InChI=1S/C19H27BO6/c1-17(2)18(3,4)26-20(25-17)11-10-12-8-9-13(22-7)14-15(12)23-19(5,6)24-16(14)21/h8-9H,10-11H2,1-7H3/i11D2. The van der Waals surface area contributed by atoms with Crippen molar-refractivity contribution in [2.75, 3.05) is 7.11 Å². The van der Waals surface area contributed by atoms with Crippen LogP contribution in [0.15, 0.2) is 12.1 Å². The molecule has 3 rings (SSSR count). The molecule has 7 heteroatoms. The predicted molar refractivity (Wildman–Crippen MR) is 97.7 cm³/mol. The molecule has 0 saturated carbocycles. The smallest absolute Gasteiger partial charge is 0.458 e. The third-order valence-corrected chi connectivity index (χ3v) is 5.02. The Morgan fingerprint density at radius 1 is 1.08 bits per heavy atom. The second kappa shape index (κ2) is 6.17. The van der Waals surface area contributed by atoms with Crippen molar-refractivity contribution in [2.24, 2.45) is 0 Å². The van der Waals surface area contributed by atoms with Crippen LogP contribution < -0.4 is 9.47 Å². The zero-order valence-corrected chi connectivity index (χ0v) is 16.4. The van der Waals surface area contributed by atoms with Crippen LogP contribution in [-0.2, 0) is 20.5 Å². The lowest BCUT2D eigenvalue weighted by Gasteiger charge is -2.33. The average molecular weight is 364 g/mol. The summed E-state index contributed by atoms with van der Waals surface area (Å²) in [6.07, 6.45) is -1.93. The molecule has 0 bridgehead atoms. The molecule has 1 fully saturated rings. The molecule has 2 aliphatic heterocycles. The van der Waals surface area contributed by atoms with Crippen molar-refractivity contribution in [1.82, 2.24) is 0 Å². The van der Waals surface area contributed by atoms with E-state index >= 15 is 0 Å². The molecule has 0 radical (unpaired) electrons. The number of fused-ring (bicyclic) bond motifs is 1. The van der Waals surface area contributed by atoms with Gasteiger partial charge in [0.15, 0.2) is 0 Å². The van der Waals surface area contributed by atoms with Crippen LogP contribution >= 0.6 is 0 Å². The lowest BCUT2D eigenvalue weighted by molar-refractivity contribution is -0.128. The zero-order valence-electron chi connectivity index (χ0n) is 18.4. The molecular weight excluding hydrogens is 335 g/mol. The van der Waals surface area contributed by atoms with Gasteiger partial charge < -0.3 is 23.5 Å². The first kappa shape index (κ1) is 16.4. The van der Waals surface area contributed by atoms with E-state index in [0.29, 0.717) is 11.3 Å². The van der Waals surface area contributed by atoms with Gasteiger partial charge in [-0.05, 0) is 52.0 Å². The van der Waals surface area contributed by atoms with Crippen LogP contribution in [0.5, 0.6) is 11.5 Å².